The molecule has 1 saturated carbocycles. The molecule has 3 heterocycles. The summed E-state index contributed by atoms with van der Waals surface area (Å²) in [6.45, 7) is 2.79. The summed E-state index contributed by atoms with van der Waals surface area (Å²) >= 11 is 0. The molecule has 9 nitrogen and oxygen atoms in total. The van der Waals surface area contributed by atoms with Crippen molar-refractivity contribution in [2.75, 3.05) is 23.7 Å². The van der Waals surface area contributed by atoms with Crippen LogP contribution < -0.4 is 10.2 Å². The molecule has 10 heteroatoms. The lowest BCUT2D eigenvalue weighted by Gasteiger charge is -2.49. The van der Waals surface area contributed by atoms with Gasteiger partial charge in [0.15, 0.2) is 9.84 Å². The van der Waals surface area contributed by atoms with Crippen molar-refractivity contribution >= 4 is 21.7 Å². The number of sulfone groups is 1. The number of tetrazole rings is 1. The maximum Gasteiger partial charge on any atom is 0.245 e. The highest BCUT2D eigenvalue weighted by Gasteiger charge is 2.63. The van der Waals surface area contributed by atoms with Crippen LogP contribution in [0.2, 0.25) is 0 Å². The van der Waals surface area contributed by atoms with Gasteiger partial charge in [0.1, 0.15) is 4.75 Å². The predicted octanol–water partition coefficient (Wildman–Crippen LogP) is -0.882. The minimum atomic E-state index is -3.24. The Balaban J connectivity index is 1.47. The summed E-state index contributed by atoms with van der Waals surface area (Å²) in [5.41, 5.74) is 0. The lowest BCUT2D eigenvalue weighted by molar-refractivity contribution is -0.122. The molecule has 0 aromatic carbocycles. The Kier molecular flexibility index (Phi) is 3.38. The first-order valence-corrected chi connectivity index (χ1v) is 9.96. The van der Waals surface area contributed by atoms with Gasteiger partial charge in [0.25, 0.3) is 0 Å². The van der Waals surface area contributed by atoms with Crippen LogP contribution in [-0.2, 0) is 21.7 Å². The van der Waals surface area contributed by atoms with Gasteiger partial charge in [0.05, 0.1) is 11.8 Å². The van der Waals surface area contributed by atoms with Crippen LogP contribution in [0.25, 0.3) is 0 Å². The average molecular weight is 354 g/mol. The number of hydrogen-bond donors (Lipinski definition) is 1. The summed E-state index contributed by atoms with van der Waals surface area (Å²) < 4.78 is 25.8. The third-order valence-electron chi connectivity index (χ3n) is 5.79. The van der Waals surface area contributed by atoms with Gasteiger partial charge in [-0.05, 0) is 35.1 Å². The molecular weight excluding hydrogens is 332 g/mol. The first kappa shape index (κ1) is 15.8. The van der Waals surface area contributed by atoms with Crippen molar-refractivity contribution in [2.24, 2.45) is 18.9 Å². The Hall–Kier alpha value is -1.71. The Morgan fingerprint density at radius 2 is 2.12 bits per heavy atom. The Morgan fingerprint density at radius 3 is 2.71 bits per heavy atom. The quantitative estimate of drug-likeness (QED) is 0.747. The summed E-state index contributed by atoms with van der Waals surface area (Å²) in [5.74, 6) is 1.73. The molecule has 0 bridgehead atoms. The number of nitrogens with one attached hydrogen (secondary N) is 1. The SMILES string of the molecule is CC1CC1CC(=O)NC1CCS(=O)(=O)C12CN(c1nnnn1C)C2. The molecule has 2 aliphatic heterocycles. The van der Waals surface area contributed by atoms with E-state index in [0.29, 0.717) is 43.7 Å². The topological polar surface area (TPSA) is 110 Å². The summed E-state index contributed by atoms with van der Waals surface area (Å²) in [7, 11) is -1.52. The fourth-order valence-electron chi connectivity index (χ4n) is 3.99. The van der Waals surface area contributed by atoms with Crippen LogP contribution in [0.5, 0.6) is 0 Å². The Labute approximate surface area is 140 Å². The number of anilines is 1. The van der Waals surface area contributed by atoms with E-state index in [1.165, 1.54) is 4.68 Å². The van der Waals surface area contributed by atoms with Gasteiger partial charge in [-0.2, -0.15) is 0 Å². The monoisotopic (exact) mass is 354 g/mol. The summed E-state index contributed by atoms with van der Waals surface area (Å²) in [5, 5.41) is 14.3. The van der Waals surface area contributed by atoms with Crippen molar-refractivity contribution in [3.8, 4) is 0 Å². The molecule has 3 fully saturated rings. The number of carbonyl (C=O) groups is 1. The van der Waals surface area contributed by atoms with E-state index in [1.54, 1.807) is 7.05 Å². The van der Waals surface area contributed by atoms with Crippen LogP contribution in [-0.4, -0.2) is 64.2 Å². The highest BCUT2D eigenvalue weighted by molar-refractivity contribution is 7.93. The van der Waals surface area contributed by atoms with Gasteiger partial charge < -0.3 is 10.2 Å². The number of hydrogen-bond acceptors (Lipinski definition) is 7. The third-order valence-corrected chi connectivity index (χ3v) is 8.34. The first-order valence-electron chi connectivity index (χ1n) is 8.31. The van der Waals surface area contributed by atoms with Gasteiger partial charge in [0.2, 0.25) is 11.9 Å². The molecule has 1 aromatic rings. The molecule has 1 N–H and O–H groups in total. The maximum absolute atomic E-state index is 12.6. The number of amides is 1. The standard InChI is InChI=1S/C14H22N6O3S/c1-9-5-10(9)6-12(21)15-11-3-4-24(22,23)14(11)7-20(8-14)13-16-17-18-19(13)2/h9-11H,3-8H2,1-2H3,(H,15,21). The van der Waals surface area contributed by atoms with Crippen LogP contribution in [0.4, 0.5) is 5.95 Å². The normalized spacial score (nSPS) is 32.6. The largest absolute Gasteiger partial charge is 0.352 e. The molecule has 3 unspecified atom stereocenters. The van der Waals surface area contributed by atoms with E-state index in [2.05, 4.69) is 27.8 Å². The number of rotatable bonds is 4. The minimum Gasteiger partial charge on any atom is -0.352 e. The van der Waals surface area contributed by atoms with Crippen molar-refractivity contribution in [1.29, 1.82) is 0 Å². The van der Waals surface area contributed by atoms with E-state index < -0.39 is 14.6 Å². The highest BCUT2D eigenvalue weighted by atomic mass is 32.2. The molecule has 3 aliphatic rings. The lowest BCUT2D eigenvalue weighted by Crippen LogP contribution is -2.72. The molecule has 0 radical (unpaired) electrons. The Morgan fingerprint density at radius 1 is 1.42 bits per heavy atom. The zero-order chi connectivity index (χ0) is 17.1. The number of aromatic nitrogens is 4. The van der Waals surface area contributed by atoms with Gasteiger partial charge in [-0.25, -0.2) is 13.1 Å². The van der Waals surface area contributed by atoms with Gasteiger partial charge in [-0.3, -0.25) is 4.79 Å². The fourth-order valence-corrected chi connectivity index (χ4v) is 6.25. The second-order valence-corrected chi connectivity index (χ2v) is 9.88. The van der Waals surface area contributed by atoms with E-state index in [9.17, 15) is 13.2 Å². The summed E-state index contributed by atoms with van der Waals surface area (Å²) in [4.78, 5) is 14.1. The van der Waals surface area contributed by atoms with Gasteiger partial charge >= 0.3 is 0 Å². The van der Waals surface area contributed by atoms with E-state index in [0.717, 1.165) is 6.42 Å². The lowest BCUT2D eigenvalue weighted by atomic mass is 9.89. The zero-order valence-corrected chi connectivity index (χ0v) is 14.7. The van der Waals surface area contributed by atoms with Gasteiger partial charge in [-0.15, -0.1) is 0 Å². The van der Waals surface area contributed by atoms with Crippen molar-refractivity contribution in [3.63, 3.8) is 0 Å². The molecule has 132 valence electrons. The minimum absolute atomic E-state index is 0.0235. The second kappa shape index (κ2) is 5.14. The van der Waals surface area contributed by atoms with Crippen molar-refractivity contribution in [1.82, 2.24) is 25.5 Å². The zero-order valence-electron chi connectivity index (χ0n) is 13.8. The van der Waals surface area contributed by atoms with Crippen LogP contribution >= 0.6 is 0 Å². The van der Waals surface area contributed by atoms with Crippen LogP contribution in [0.15, 0.2) is 0 Å². The third kappa shape index (κ3) is 2.30. The molecule has 3 atom stereocenters. The van der Waals surface area contributed by atoms with Crippen molar-refractivity contribution in [3.05, 3.63) is 0 Å². The average Bonchev–Trinajstić information content (AvgIpc) is 2.87. The van der Waals surface area contributed by atoms with E-state index in [1.807, 2.05) is 4.90 Å². The second-order valence-electron chi connectivity index (χ2n) is 7.43. The molecule has 1 aromatic heterocycles. The highest BCUT2D eigenvalue weighted by Crippen LogP contribution is 2.43. The number of aryl methyl sites for hydroxylation is 1. The smallest absolute Gasteiger partial charge is 0.245 e. The van der Waals surface area contributed by atoms with Crippen molar-refractivity contribution < 1.29 is 13.2 Å². The van der Waals surface area contributed by atoms with E-state index in [4.69, 9.17) is 0 Å². The molecule has 24 heavy (non-hydrogen) atoms. The summed E-state index contributed by atoms with van der Waals surface area (Å²) in [6.07, 6.45) is 2.08. The van der Waals surface area contributed by atoms with Crippen LogP contribution in [0, 0.1) is 11.8 Å². The molecule has 1 aliphatic carbocycles. The van der Waals surface area contributed by atoms with E-state index in [-0.39, 0.29) is 17.7 Å². The van der Waals surface area contributed by atoms with Crippen LogP contribution in [0.3, 0.4) is 0 Å². The molecule has 1 spiro atoms. The summed E-state index contributed by atoms with van der Waals surface area (Å²) in [6, 6.07) is -0.318. The van der Waals surface area contributed by atoms with Gasteiger partial charge in [0, 0.05) is 26.6 Å². The fraction of sp³-hybridized carbons (Fsp3) is 0.857. The Bertz CT molecular complexity index is 769. The van der Waals surface area contributed by atoms with Crippen LogP contribution in [0.1, 0.15) is 26.2 Å². The van der Waals surface area contributed by atoms with Gasteiger partial charge in [-0.1, -0.05) is 12.0 Å². The number of carbonyl (C=O) groups excluding carboxylic acids is 1. The molecule has 4 rings (SSSR count). The van der Waals surface area contributed by atoms with E-state index >= 15 is 0 Å². The maximum atomic E-state index is 12.6. The molecule has 1 amide bonds. The first-order chi connectivity index (χ1) is 11.3. The molecule has 2 saturated heterocycles. The number of nitrogens with zero attached hydrogens (tertiary/aromatic N) is 5. The molecular formula is C14H22N6O3S. The predicted molar refractivity (Wildman–Crippen MR) is 86.0 cm³/mol. The van der Waals surface area contributed by atoms with Crippen molar-refractivity contribution in [2.45, 2.75) is 37.0 Å².